The molecule has 0 saturated carbocycles. The highest BCUT2D eigenvalue weighted by atomic mass is 19.4. The average Bonchev–Trinajstić information content (AvgIpc) is 3.34. The highest BCUT2D eigenvalue weighted by Gasteiger charge is 2.34. The van der Waals surface area contributed by atoms with E-state index in [1.54, 1.807) is 0 Å². The van der Waals surface area contributed by atoms with E-state index in [2.05, 4.69) is 29.4 Å². The van der Waals surface area contributed by atoms with E-state index in [-0.39, 0.29) is 36.4 Å². The normalized spacial score (nSPS) is 15.7. The SMILES string of the molecule is CCCC(C)N1CCC(N(Cc2ccccc2)C(=O)Nc2ccc3nc(-c4ccc(CN(C(=O)Nc5cc(F)cc(C(F)(F)F)c5)C5CCN(Cc6cc(F)c(F)c(F)c6)CC5)cc4)ccc3c2)CC1. The fourth-order valence-electron chi connectivity index (χ4n) is 9.66. The molecule has 16 heteroatoms. The Morgan fingerprint density at radius 2 is 1.29 bits per heavy atom. The molecule has 6 aromatic rings. The molecule has 4 amide bonds. The number of alkyl halides is 3. The van der Waals surface area contributed by atoms with Crippen LogP contribution in [-0.2, 0) is 25.8 Å². The van der Waals surface area contributed by atoms with Gasteiger partial charge in [0.1, 0.15) is 5.82 Å². The van der Waals surface area contributed by atoms with E-state index >= 15 is 0 Å². The van der Waals surface area contributed by atoms with Gasteiger partial charge in [-0.25, -0.2) is 32.1 Å². The van der Waals surface area contributed by atoms with Crippen molar-refractivity contribution < 1.29 is 40.3 Å². The number of nitrogens with zero attached hydrogens (tertiary/aromatic N) is 5. The molecular formula is C54H56F7N7O2. The highest BCUT2D eigenvalue weighted by Crippen LogP contribution is 2.33. The minimum Gasteiger partial charge on any atom is -0.317 e. The quantitative estimate of drug-likeness (QED) is 0.0839. The van der Waals surface area contributed by atoms with Gasteiger partial charge in [-0.2, -0.15) is 13.2 Å². The monoisotopic (exact) mass is 967 g/mol. The molecule has 2 aliphatic heterocycles. The second-order valence-electron chi connectivity index (χ2n) is 18.4. The first kappa shape index (κ1) is 49.9. The third-order valence-electron chi connectivity index (χ3n) is 13.5. The van der Waals surface area contributed by atoms with E-state index in [1.807, 2.05) is 94.7 Å². The maximum absolute atomic E-state index is 14.4. The molecule has 2 fully saturated rings. The third kappa shape index (κ3) is 12.4. The second-order valence-corrected chi connectivity index (χ2v) is 18.4. The predicted molar refractivity (Wildman–Crippen MR) is 258 cm³/mol. The summed E-state index contributed by atoms with van der Waals surface area (Å²) >= 11 is 0. The number of amides is 4. The van der Waals surface area contributed by atoms with Gasteiger partial charge < -0.3 is 25.3 Å². The van der Waals surface area contributed by atoms with E-state index in [0.29, 0.717) is 73.1 Å². The number of fused-ring (bicyclic) bond motifs is 1. The Hall–Kier alpha value is -6.52. The first-order chi connectivity index (χ1) is 33.6. The standard InChI is InChI=1S/C54H56F7N7O2/c1-3-7-35(2)66-24-20-46(21-25-66)67(33-36-8-5-4-6-9-36)52(69)62-43-15-17-50-40(28-43)14-16-49(64-50)39-12-10-37(11-13-39)34-68(53(70)63-44-30-41(54(59,60)61)29-42(55)31-44)45-18-22-65(23-19-45)32-38-26-47(56)51(58)48(57)27-38/h4-6,8-17,26-31,35,45-46H,3,7,18-25,32-34H2,1-2H3,(H,62,69)(H,63,70). The van der Waals surface area contributed by atoms with Crippen molar-refractivity contribution in [1.82, 2.24) is 24.6 Å². The number of aromatic nitrogens is 1. The molecule has 0 aliphatic carbocycles. The number of piperidine rings is 2. The zero-order valence-electron chi connectivity index (χ0n) is 39.1. The van der Waals surface area contributed by atoms with Gasteiger partial charge in [0.25, 0.3) is 0 Å². The van der Waals surface area contributed by atoms with Gasteiger partial charge >= 0.3 is 18.2 Å². The van der Waals surface area contributed by atoms with Gasteiger partial charge in [-0.05, 0) is 110 Å². The molecular weight excluding hydrogens is 912 g/mol. The van der Waals surface area contributed by atoms with E-state index in [4.69, 9.17) is 4.98 Å². The Balaban J connectivity index is 0.952. The van der Waals surface area contributed by atoms with Crippen LogP contribution in [0.5, 0.6) is 0 Å². The van der Waals surface area contributed by atoms with Crippen LogP contribution in [-0.4, -0.2) is 81.0 Å². The molecule has 368 valence electrons. The van der Waals surface area contributed by atoms with Crippen molar-refractivity contribution in [3.05, 3.63) is 161 Å². The predicted octanol–water partition coefficient (Wildman–Crippen LogP) is 12.9. The van der Waals surface area contributed by atoms with Crippen LogP contribution in [0, 0.1) is 23.3 Å². The summed E-state index contributed by atoms with van der Waals surface area (Å²) in [5, 5.41) is 6.46. The van der Waals surface area contributed by atoms with Crippen molar-refractivity contribution >= 4 is 34.3 Å². The lowest BCUT2D eigenvalue weighted by Gasteiger charge is -2.40. The van der Waals surface area contributed by atoms with Gasteiger partial charge in [0.05, 0.1) is 16.8 Å². The first-order valence-electron chi connectivity index (χ1n) is 23.8. The molecule has 1 unspecified atom stereocenters. The minimum atomic E-state index is -4.84. The first-order valence-corrected chi connectivity index (χ1v) is 23.8. The van der Waals surface area contributed by atoms with Crippen LogP contribution in [0.15, 0.2) is 115 Å². The Labute approximate surface area is 403 Å². The van der Waals surface area contributed by atoms with E-state index < -0.39 is 47.1 Å². The summed E-state index contributed by atoms with van der Waals surface area (Å²) < 4.78 is 96.6. The molecule has 70 heavy (non-hydrogen) atoms. The van der Waals surface area contributed by atoms with Crippen molar-refractivity contribution in [1.29, 1.82) is 0 Å². The molecule has 2 aliphatic rings. The van der Waals surface area contributed by atoms with Crippen molar-refractivity contribution in [3.8, 4) is 11.3 Å². The van der Waals surface area contributed by atoms with Crippen LogP contribution in [0.4, 0.5) is 51.7 Å². The van der Waals surface area contributed by atoms with Gasteiger partial charge in [0.15, 0.2) is 17.5 Å². The summed E-state index contributed by atoms with van der Waals surface area (Å²) in [6.07, 6.45) is 0.0288. The average molecular weight is 968 g/mol. The molecule has 8 rings (SSSR count). The summed E-state index contributed by atoms with van der Waals surface area (Å²) in [5.41, 5.74) is 3.23. The van der Waals surface area contributed by atoms with Crippen LogP contribution < -0.4 is 10.6 Å². The number of likely N-dealkylation sites (tertiary alicyclic amines) is 2. The smallest absolute Gasteiger partial charge is 0.317 e. The number of hydrogen-bond acceptors (Lipinski definition) is 5. The van der Waals surface area contributed by atoms with Crippen molar-refractivity contribution in [3.63, 3.8) is 0 Å². The zero-order valence-corrected chi connectivity index (χ0v) is 39.1. The van der Waals surface area contributed by atoms with Crippen LogP contribution in [0.3, 0.4) is 0 Å². The van der Waals surface area contributed by atoms with Crippen LogP contribution in [0.25, 0.3) is 22.2 Å². The third-order valence-corrected chi connectivity index (χ3v) is 13.5. The molecule has 1 aromatic heterocycles. The fraction of sp³-hybridized carbons (Fsp3) is 0.352. The highest BCUT2D eigenvalue weighted by molar-refractivity contribution is 5.93. The molecule has 9 nitrogen and oxygen atoms in total. The second kappa shape index (κ2) is 22.1. The van der Waals surface area contributed by atoms with Gasteiger partial charge in [-0.1, -0.05) is 74.0 Å². The molecule has 2 saturated heterocycles. The zero-order chi connectivity index (χ0) is 49.5. The number of rotatable bonds is 14. The number of anilines is 2. The number of carbonyl (C=O) groups is 2. The van der Waals surface area contributed by atoms with Crippen LogP contribution >= 0.6 is 0 Å². The summed E-state index contributed by atoms with van der Waals surface area (Å²) in [5.74, 6) is -5.30. The van der Waals surface area contributed by atoms with Gasteiger partial charge in [-0.3, -0.25) is 4.90 Å². The molecule has 0 spiro atoms. The Kier molecular flexibility index (Phi) is 15.7. The summed E-state index contributed by atoms with van der Waals surface area (Å²) in [7, 11) is 0. The van der Waals surface area contributed by atoms with Crippen LogP contribution in [0.2, 0.25) is 0 Å². The molecule has 1 atom stereocenters. The topological polar surface area (TPSA) is 84.0 Å². The fourth-order valence-corrected chi connectivity index (χ4v) is 9.66. The number of urea groups is 2. The van der Waals surface area contributed by atoms with Crippen molar-refractivity contribution in [2.75, 3.05) is 36.8 Å². The largest absolute Gasteiger partial charge is 0.416 e. The molecule has 3 heterocycles. The number of benzene rings is 5. The maximum atomic E-state index is 14.4. The van der Waals surface area contributed by atoms with E-state index in [0.717, 1.165) is 73.5 Å². The summed E-state index contributed by atoms with van der Waals surface area (Å²) in [4.78, 5) is 40.8. The molecule has 0 bridgehead atoms. The number of hydrogen-bond donors (Lipinski definition) is 2. The summed E-state index contributed by atoms with van der Waals surface area (Å²) in [6.45, 7) is 7.83. The number of carbonyl (C=O) groups excluding carboxylic acids is 2. The number of halogens is 7. The van der Waals surface area contributed by atoms with E-state index in [9.17, 15) is 40.3 Å². The van der Waals surface area contributed by atoms with E-state index in [1.165, 1.54) is 4.90 Å². The Morgan fingerprint density at radius 3 is 1.90 bits per heavy atom. The molecule has 2 N–H and O–H groups in total. The summed E-state index contributed by atoms with van der Waals surface area (Å²) in [6, 6.07) is 29.8. The lowest BCUT2D eigenvalue weighted by atomic mass is 10.00. The minimum absolute atomic E-state index is 0.0480. The van der Waals surface area contributed by atoms with Crippen molar-refractivity contribution in [2.45, 2.75) is 96.3 Å². The number of nitrogens with one attached hydrogen (secondary N) is 2. The Bertz CT molecular complexity index is 2740. The lowest BCUT2D eigenvalue weighted by Crippen LogP contribution is -2.50. The maximum Gasteiger partial charge on any atom is 0.416 e. The lowest BCUT2D eigenvalue weighted by molar-refractivity contribution is -0.137. The van der Waals surface area contributed by atoms with Crippen molar-refractivity contribution in [2.24, 2.45) is 0 Å². The number of pyridine rings is 1. The molecule has 0 radical (unpaired) electrons. The van der Waals surface area contributed by atoms with Gasteiger partial charge in [0.2, 0.25) is 0 Å². The van der Waals surface area contributed by atoms with Crippen LogP contribution in [0.1, 0.15) is 74.6 Å². The van der Waals surface area contributed by atoms with Gasteiger partial charge in [-0.15, -0.1) is 0 Å². The Morgan fingerprint density at radius 1 is 0.686 bits per heavy atom. The molecule has 5 aromatic carbocycles. The van der Waals surface area contributed by atoms with Gasteiger partial charge in [0, 0.05) is 86.3 Å².